The van der Waals surface area contributed by atoms with Gasteiger partial charge in [0.25, 0.3) is 5.95 Å². The fraction of sp³-hybridized carbons (Fsp3) is 0.500. The predicted octanol–water partition coefficient (Wildman–Crippen LogP) is -0.0222. The van der Waals surface area contributed by atoms with Gasteiger partial charge in [-0.15, -0.1) is 0 Å². The third-order valence-corrected chi connectivity index (χ3v) is 3.81. The van der Waals surface area contributed by atoms with E-state index in [2.05, 4.69) is 29.9 Å². The van der Waals surface area contributed by atoms with Gasteiger partial charge in [-0.3, -0.25) is 0 Å². The summed E-state index contributed by atoms with van der Waals surface area (Å²) in [4.78, 5) is 18.7. The Morgan fingerprint density at radius 2 is 2.00 bits per heavy atom. The summed E-state index contributed by atoms with van der Waals surface area (Å²) in [6.07, 6.45) is 4.09. The number of hydrogen-bond donors (Lipinski definition) is 1. The van der Waals surface area contributed by atoms with Crippen molar-refractivity contribution in [3.63, 3.8) is 0 Å². The van der Waals surface area contributed by atoms with Crippen molar-refractivity contribution in [3.05, 3.63) is 12.7 Å². The van der Waals surface area contributed by atoms with Gasteiger partial charge in [0.05, 0.1) is 0 Å². The molecule has 2 aromatic heterocycles. The highest BCUT2D eigenvalue weighted by molar-refractivity contribution is 7.99. The molecule has 0 aromatic carbocycles. The standard InChI is InChI=1S/C10H14N8S/c11-8-14-9(17-2-1-4-19-5-3-17)16-10(15-8)18-7-12-6-13-18/h6-7H,1-5H2,(H2,11,14,15,16). The summed E-state index contributed by atoms with van der Waals surface area (Å²) >= 11 is 1.95. The van der Waals surface area contributed by atoms with Crippen molar-refractivity contribution < 1.29 is 0 Å². The summed E-state index contributed by atoms with van der Waals surface area (Å²) in [6.45, 7) is 1.86. The van der Waals surface area contributed by atoms with Gasteiger partial charge in [0.1, 0.15) is 12.7 Å². The molecule has 2 aromatic rings. The third kappa shape index (κ3) is 2.75. The van der Waals surface area contributed by atoms with Crippen molar-refractivity contribution in [1.29, 1.82) is 0 Å². The molecule has 9 heteroatoms. The van der Waals surface area contributed by atoms with Crippen LogP contribution in [0.2, 0.25) is 0 Å². The Kier molecular flexibility index (Phi) is 3.45. The monoisotopic (exact) mass is 278 g/mol. The normalized spacial score (nSPS) is 16.3. The Hall–Kier alpha value is -1.90. The first-order valence-electron chi connectivity index (χ1n) is 6.02. The number of thioether (sulfide) groups is 1. The molecule has 1 aliphatic rings. The van der Waals surface area contributed by atoms with E-state index in [0.717, 1.165) is 25.3 Å². The zero-order valence-electron chi connectivity index (χ0n) is 10.3. The van der Waals surface area contributed by atoms with Gasteiger partial charge < -0.3 is 10.6 Å². The first kappa shape index (κ1) is 12.2. The topological polar surface area (TPSA) is 98.6 Å². The second-order valence-corrected chi connectivity index (χ2v) is 5.31. The largest absolute Gasteiger partial charge is 0.368 e. The molecule has 0 atom stereocenters. The number of nitrogens with zero attached hydrogens (tertiary/aromatic N) is 7. The molecule has 0 amide bonds. The summed E-state index contributed by atoms with van der Waals surface area (Å²) in [5, 5.41) is 4.01. The van der Waals surface area contributed by atoms with Gasteiger partial charge in [-0.1, -0.05) is 0 Å². The van der Waals surface area contributed by atoms with E-state index >= 15 is 0 Å². The number of nitrogen functional groups attached to an aromatic ring is 1. The zero-order chi connectivity index (χ0) is 13.1. The van der Waals surface area contributed by atoms with Crippen molar-refractivity contribution in [2.24, 2.45) is 0 Å². The lowest BCUT2D eigenvalue weighted by atomic mass is 10.4. The van der Waals surface area contributed by atoms with Gasteiger partial charge in [0.2, 0.25) is 11.9 Å². The quantitative estimate of drug-likeness (QED) is 0.818. The molecule has 3 rings (SSSR count). The summed E-state index contributed by atoms with van der Waals surface area (Å²) in [5.41, 5.74) is 5.76. The average molecular weight is 278 g/mol. The lowest BCUT2D eigenvalue weighted by Crippen LogP contribution is -2.28. The van der Waals surface area contributed by atoms with Crippen molar-refractivity contribution >= 4 is 23.7 Å². The molecule has 100 valence electrons. The van der Waals surface area contributed by atoms with Crippen LogP contribution in [0.3, 0.4) is 0 Å². The fourth-order valence-electron chi connectivity index (χ4n) is 1.87. The molecule has 0 spiro atoms. The fourth-order valence-corrected chi connectivity index (χ4v) is 2.76. The Balaban J connectivity index is 1.92. The minimum Gasteiger partial charge on any atom is -0.368 e. The van der Waals surface area contributed by atoms with Crippen molar-refractivity contribution in [1.82, 2.24) is 29.7 Å². The first-order chi connectivity index (χ1) is 9.33. The Bertz CT molecular complexity index is 534. The summed E-state index contributed by atoms with van der Waals surface area (Å²) in [5.74, 6) is 3.46. The van der Waals surface area contributed by atoms with E-state index in [1.807, 2.05) is 11.8 Å². The molecule has 0 aliphatic carbocycles. The number of aromatic nitrogens is 6. The highest BCUT2D eigenvalue weighted by atomic mass is 32.2. The molecule has 0 saturated carbocycles. The van der Waals surface area contributed by atoms with Gasteiger partial charge in [0.15, 0.2) is 0 Å². The summed E-state index contributed by atoms with van der Waals surface area (Å²) < 4.78 is 1.48. The van der Waals surface area contributed by atoms with Crippen molar-refractivity contribution in [2.45, 2.75) is 6.42 Å². The van der Waals surface area contributed by atoms with Crippen LogP contribution >= 0.6 is 11.8 Å². The average Bonchev–Trinajstić information content (AvgIpc) is 2.81. The van der Waals surface area contributed by atoms with Gasteiger partial charge >= 0.3 is 0 Å². The Morgan fingerprint density at radius 3 is 2.84 bits per heavy atom. The number of hydrogen-bond acceptors (Lipinski definition) is 8. The summed E-state index contributed by atoms with van der Waals surface area (Å²) in [7, 11) is 0. The maximum absolute atomic E-state index is 5.76. The van der Waals surface area contributed by atoms with Crippen LogP contribution in [-0.4, -0.2) is 54.3 Å². The molecule has 8 nitrogen and oxygen atoms in total. The molecule has 1 saturated heterocycles. The van der Waals surface area contributed by atoms with Gasteiger partial charge in [-0.2, -0.15) is 36.5 Å². The van der Waals surface area contributed by atoms with Crippen LogP contribution in [0.15, 0.2) is 12.7 Å². The number of nitrogens with two attached hydrogens (primary N) is 1. The van der Waals surface area contributed by atoms with E-state index < -0.39 is 0 Å². The molecule has 0 unspecified atom stereocenters. The van der Waals surface area contributed by atoms with Crippen LogP contribution in [0.5, 0.6) is 0 Å². The minimum absolute atomic E-state index is 0.201. The molecular formula is C10H14N8S. The molecule has 3 heterocycles. The van der Waals surface area contributed by atoms with E-state index in [0.29, 0.717) is 11.9 Å². The highest BCUT2D eigenvalue weighted by Gasteiger charge is 2.15. The zero-order valence-corrected chi connectivity index (χ0v) is 11.1. The number of anilines is 2. The maximum atomic E-state index is 5.76. The van der Waals surface area contributed by atoms with Crippen LogP contribution in [0.1, 0.15) is 6.42 Å². The van der Waals surface area contributed by atoms with E-state index in [-0.39, 0.29) is 5.95 Å². The van der Waals surface area contributed by atoms with E-state index in [1.165, 1.54) is 23.1 Å². The molecule has 1 aliphatic heterocycles. The van der Waals surface area contributed by atoms with Crippen LogP contribution < -0.4 is 10.6 Å². The lowest BCUT2D eigenvalue weighted by Gasteiger charge is -2.19. The van der Waals surface area contributed by atoms with Gasteiger partial charge in [0, 0.05) is 18.8 Å². The maximum Gasteiger partial charge on any atom is 0.258 e. The van der Waals surface area contributed by atoms with Crippen LogP contribution in [0.25, 0.3) is 5.95 Å². The minimum atomic E-state index is 0.201. The molecule has 2 N–H and O–H groups in total. The second-order valence-electron chi connectivity index (χ2n) is 4.09. The predicted molar refractivity (Wildman–Crippen MR) is 73.3 cm³/mol. The van der Waals surface area contributed by atoms with Crippen molar-refractivity contribution in [2.75, 3.05) is 35.2 Å². The van der Waals surface area contributed by atoms with Crippen LogP contribution in [-0.2, 0) is 0 Å². The van der Waals surface area contributed by atoms with E-state index in [1.54, 1.807) is 0 Å². The van der Waals surface area contributed by atoms with Crippen LogP contribution in [0, 0.1) is 0 Å². The molecule has 1 fully saturated rings. The first-order valence-corrected chi connectivity index (χ1v) is 7.17. The SMILES string of the molecule is Nc1nc(N2CCCSCC2)nc(-n2cncn2)n1. The van der Waals surface area contributed by atoms with Crippen molar-refractivity contribution in [3.8, 4) is 5.95 Å². The Morgan fingerprint density at radius 1 is 1.11 bits per heavy atom. The van der Waals surface area contributed by atoms with Crippen LogP contribution in [0.4, 0.5) is 11.9 Å². The lowest BCUT2D eigenvalue weighted by molar-refractivity contribution is 0.748. The van der Waals surface area contributed by atoms with E-state index in [9.17, 15) is 0 Å². The molecular weight excluding hydrogens is 264 g/mol. The highest BCUT2D eigenvalue weighted by Crippen LogP contribution is 2.16. The van der Waals surface area contributed by atoms with Gasteiger partial charge in [-0.25, -0.2) is 4.98 Å². The summed E-state index contributed by atoms with van der Waals surface area (Å²) in [6, 6.07) is 0. The Labute approximate surface area is 114 Å². The third-order valence-electron chi connectivity index (χ3n) is 2.76. The van der Waals surface area contributed by atoms with Gasteiger partial charge in [-0.05, 0) is 12.2 Å². The second kappa shape index (κ2) is 5.39. The molecule has 0 radical (unpaired) electrons. The van der Waals surface area contributed by atoms with E-state index in [4.69, 9.17) is 5.73 Å². The molecule has 19 heavy (non-hydrogen) atoms. The number of rotatable bonds is 2. The smallest absolute Gasteiger partial charge is 0.258 e. The molecule has 0 bridgehead atoms.